The molecule has 0 unspecified atom stereocenters. The Kier molecular flexibility index (Phi) is 4.99. The van der Waals surface area contributed by atoms with Crippen LogP contribution in [-0.4, -0.2) is 17.0 Å². The zero-order valence-corrected chi connectivity index (χ0v) is 16.0. The van der Waals surface area contributed by atoms with E-state index < -0.39 is 0 Å². The van der Waals surface area contributed by atoms with Crippen LogP contribution in [0.1, 0.15) is 24.2 Å². The van der Waals surface area contributed by atoms with E-state index in [2.05, 4.69) is 10.3 Å². The third-order valence-electron chi connectivity index (χ3n) is 4.19. The van der Waals surface area contributed by atoms with Gasteiger partial charge < -0.3 is 14.5 Å². The summed E-state index contributed by atoms with van der Waals surface area (Å²) in [7, 11) is 0. The first kappa shape index (κ1) is 18.7. The van der Waals surface area contributed by atoms with E-state index in [4.69, 9.17) is 9.15 Å². The first-order valence-electron chi connectivity index (χ1n) is 9.22. The van der Waals surface area contributed by atoms with Gasteiger partial charge in [0.15, 0.2) is 5.58 Å². The highest BCUT2D eigenvalue weighted by Crippen LogP contribution is 2.27. The quantitative estimate of drug-likeness (QED) is 0.477. The molecule has 0 radical (unpaired) electrons. The Balaban J connectivity index is 1.56. The average Bonchev–Trinajstić information content (AvgIpc) is 3.11. The molecular formula is C23H19FN2O3. The first-order valence-corrected chi connectivity index (χ1v) is 9.22. The summed E-state index contributed by atoms with van der Waals surface area (Å²) in [6, 6.07) is 18.2. The van der Waals surface area contributed by atoms with Gasteiger partial charge in [0, 0.05) is 16.8 Å². The lowest BCUT2D eigenvalue weighted by Gasteiger charge is -2.11. The molecule has 0 aliphatic heterocycles. The van der Waals surface area contributed by atoms with Crippen molar-refractivity contribution in [2.75, 3.05) is 5.32 Å². The second kappa shape index (κ2) is 7.75. The average molecular weight is 390 g/mol. The van der Waals surface area contributed by atoms with Crippen molar-refractivity contribution in [1.82, 2.24) is 4.98 Å². The molecule has 3 aromatic carbocycles. The van der Waals surface area contributed by atoms with Crippen LogP contribution in [0.25, 0.3) is 22.6 Å². The number of nitrogens with one attached hydrogen (secondary N) is 1. The third kappa shape index (κ3) is 4.27. The SMILES string of the molecule is CC(C)Oc1cccc(C(=O)Nc2ccc3oc(-c4cccc(F)c4)nc3c2)c1. The summed E-state index contributed by atoms with van der Waals surface area (Å²) in [4.78, 5) is 17.0. The van der Waals surface area contributed by atoms with Gasteiger partial charge in [0.25, 0.3) is 5.91 Å². The molecule has 1 heterocycles. The first-order chi connectivity index (χ1) is 14.0. The van der Waals surface area contributed by atoms with Crippen LogP contribution in [0.2, 0.25) is 0 Å². The van der Waals surface area contributed by atoms with Crippen molar-refractivity contribution < 1.29 is 18.3 Å². The lowest BCUT2D eigenvalue weighted by Crippen LogP contribution is -2.12. The van der Waals surface area contributed by atoms with E-state index >= 15 is 0 Å². The number of ether oxygens (including phenoxy) is 1. The highest BCUT2D eigenvalue weighted by Gasteiger charge is 2.12. The molecule has 0 atom stereocenters. The maximum absolute atomic E-state index is 13.4. The Morgan fingerprint density at radius 1 is 1.07 bits per heavy atom. The summed E-state index contributed by atoms with van der Waals surface area (Å²) in [5, 5.41) is 2.85. The third-order valence-corrected chi connectivity index (χ3v) is 4.19. The number of anilines is 1. The highest BCUT2D eigenvalue weighted by atomic mass is 19.1. The lowest BCUT2D eigenvalue weighted by molar-refractivity contribution is 0.102. The van der Waals surface area contributed by atoms with Crippen molar-refractivity contribution in [2.24, 2.45) is 0 Å². The van der Waals surface area contributed by atoms with Gasteiger partial charge in [-0.05, 0) is 68.4 Å². The lowest BCUT2D eigenvalue weighted by atomic mass is 10.2. The highest BCUT2D eigenvalue weighted by molar-refractivity contribution is 6.05. The number of halogens is 1. The van der Waals surface area contributed by atoms with Crippen molar-refractivity contribution in [2.45, 2.75) is 20.0 Å². The molecule has 146 valence electrons. The fourth-order valence-electron chi connectivity index (χ4n) is 2.94. The monoisotopic (exact) mass is 390 g/mol. The number of oxazole rings is 1. The standard InChI is InChI=1S/C23H19FN2O3/c1-14(2)28-19-8-4-5-15(12-19)22(27)25-18-9-10-21-20(13-18)26-23(29-21)16-6-3-7-17(24)11-16/h3-14H,1-2H3,(H,25,27). The van der Waals surface area contributed by atoms with Crippen LogP contribution in [-0.2, 0) is 0 Å². The fraction of sp³-hybridized carbons (Fsp3) is 0.130. The predicted octanol–water partition coefficient (Wildman–Crippen LogP) is 5.67. The molecule has 0 saturated carbocycles. The van der Waals surface area contributed by atoms with Crippen molar-refractivity contribution in [3.05, 3.63) is 78.1 Å². The number of carbonyl (C=O) groups excluding carboxylic acids is 1. The number of amides is 1. The molecule has 0 aliphatic carbocycles. The van der Waals surface area contributed by atoms with Crippen molar-refractivity contribution in [1.29, 1.82) is 0 Å². The normalized spacial score (nSPS) is 11.0. The molecule has 0 bridgehead atoms. The summed E-state index contributed by atoms with van der Waals surface area (Å²) in [5.74, 6) is 0.342. The Bertz CT molecular complexity index is 1180. The molecule has 0 spiro atoms. The van der Waals surface area contributed by atoms with Gasteiger partial charge in [-0.1, -0.05) is 12.1 Å². The summed E-state index contributed by atoms with van der Waals surface area (Å²) < 4.78 is 24.8. The van der Waals surface area contributed by atoms with Crippen LogP contribution < -0.4 is 10.1 Å². The maximum Gasteiger partial charge on any atom is 0.255 e. The second-order valence-electron chi connectivity index (χ2n) is 6.86. The second-order valence-corrected chi connectivity index (χ2v) is 6.86. The zero-order chi connectivity index (χ0) is 20.4. The largest absolute Gasteiger partial charge is 0.491 e. The zero-order valence-electron chi connectivity index (χ0n) is 16.0. The molecule has 1 N–H and O–H groups in total. The maximum atomic E-state index is 13.4. The van der Waals surface area contributed by atoms with Gasteiger partial charge in [-0.25, -0.2) is 9.37 Å². The van der Waals surface area contributed by atoms with Crippen LogP contribution >= 0.6 is 0 Å². The molecule has 6 heteroatoms. The van der Waals surface area contributed by atoms with E-state index in [-0.39, 0.29) is 17.8 Å². The number of nitrogens with zero attached hydrogens (tertiary/aromatic N) is 1. The summed E-state index contributed by atoms with van der Waals surface area (Å²) in [6.45, 7) is 3.86. The van der Waals surface area contributed by atoms with Gasteiger partial charge in [-0.15, -0.1) is 0 Å². The molecular weight excluding hydrogens is 371 g/mol. The molecule has 0 fully saturated rings. The van der Waals surface area contributed by atoms with Crippen LogP contribution in [0.5, 0.6) is 5.75 Å². The van der Waals surface area contributed by atoms with Crippen LogP contribution in [0.4, 0.5) is 10.1 Å². The number of benzene rings is 3. The van der Waals surface area contributed by atoms with E-state index in [9.17, 15) is 9.18 Å². The molecule has 0 aliphatic rings. The number of aromatic nitrogens is 1. The van der Waals surface area contributed by atoms with Crippen LogP contribution in [0.3, 0.4) is 0 Å². The number of carbonyl (C=O) groups is 1. The number of fused-ring (bicyclic) bond motifs is 1. The van der Waals surface area contributed by atoms with Crippen LogP contribution in [0.15, 0.2) is 71.1 Å². The molecule has 5 nitrogen and oxygen atoms in total. The van der Waals surface area contributed by atoms with E-state index in [1.54, 1.807) is 48.5 Å². The van der Waals surface area contributed by atoms with E-state index in [0.29, 0.717) is 39.6 Å². The molecule has 4 aromatic rings. The minimum atomic E-state index is -0.360. The predicted molar refractivity (Wildman–Crippen MR) is 110 cm³/mol. The van der Waals surface area contributed by atoms with Crippen molar-refractivity contribution >= 4 is 22.7 Å². The summed E-state index contributed by atoms with van der Waals surface area (Å²) in [5.41, 5.74) is 2.74. The Morgan fingerprint density at radius 3 is 2.69 bits per heavy atom. The minimum absolute atomic E-state index is 0.0233. The molecule has 0 saturated heterocycles. The van der Waals surface area contributed by atoms with Gasteiger partial charge in [0.05, 0.1) is 6.10 Å². The van der Waals surface area contributed by atoms with Crippen LogP contribution in [0, 0.1) is 5.82 Å². The van der Waals surface area contributed by atoms with Gasteiger partial charge >= 0.3 is 0 Å². The van der Waals surface area contributed by atoms with E-state index in [0.717, 1.165) is 0 Å². The molecule has 1 aromatic heterocycles. The van der Waals surface area contributed by atoms with E-state index in [1.807, 2.05) is 19.9 Å². The van der Waals surface area contributed by atoms with Crippen molar-refractivity contribution in [3.63, 3.8) is 0 Å². The molecule has 4 rings (SSSR count). The topological polar surface area (TPSA) is 64.4 Å². The Labute approximate surface area is 167 Å². The summed E-state index contributed by atoms with van der Waals surface area (Å²) in [6.07, 6.45) is 0.0233. The Morgan fingerprint density at radius 2 is 1.90 bits per heavy atom. The van der Waals surface area contributed by atoms with Gasteiger partial charge in [-0.2, -0.15) is 0 Å². The number of hydrogen-bond donors (Lipinski definition) is 1. The number of hydrogen-bond acceptors (Lipinski definition) is 4. The molecule has 29 heavy (non-hydrogen) atoms. The summed E-state index contributed by atoms with van der Waals surface area (Å²) >= 11 is 0. The van der Waals surface area contributed by atoms with Gasteiger partial charge in [0.1, 0.15) is 17.1 Å². The molecule has 1 amide bonds. The number of rotatable bonds is 5. The van der Waals surface area contributed by atoms with E-state index in [1.165, 1.54) is 12.1 Å². The minimum Gasteiger partial charge on any atom is -0.491 e. The Hall–Kier alpha value is -3.67. The smallest absolute Gasteiger partial charge is 0.255 e. The fourth-order valence-corrected chi connectivity index (χ4v) is 2.94. The van der Waals surface area contributed by atoms with Gasteiger partial charge in [0.2, 0.25) is 5.89 Å². The van der Waals surface area contributed by atoms with Gasteiger partial charge in [-0.3, -0.25) is 4.79 Å². The van der Waals surface area contributed by atoms with Crippen molar-refractivity contribution in [3.8, 4) is 17.2 Å².